The third-order valence-corrected chi connectivity index (χ3v) is 16.0. The normalized spacial score (nSPS) is 13.9. The Morgan fingerprint density at radius 3 is 1.43 bits per heavy atom. The van der Waals surface area contributed by atoms with Gasteiger partial charge in [0.2, 0.25) is 0 Å². The van der Waals surface area contributed by atoms with Crippen molar-refractivity contribution in [3.05, 3.63) is 313 Å². The number of benzene rings is 12. The lowest BCUT2D eigenvalue weighted by atomic mass is 9.65. The van der Waals surface area contributed by atoms with Crippen LogP contribution in [0.5, 0.6) is 0 Å². The van der Waals surface area contributed by atoms with E-state index in [9.17, 15) is 0 Å². The van der Waals surface area contributed by atoms with Gasteiger partial charge < -0.3 is 9.47 Å². The van der Waals surface area contributed by atoms with Crippen LogP contribution in [-0.4, -0.2) is 4.57 Å². The van der Waals surface area contributed by atoms with Gasteiger partial charge in [-0.1, -0.05) is 243 Å². The topological polar surface area (TPSA) is 8.17 Å². The average Bonchev–Trinajstić information content (AvgIpc) is 4.03. The molecule has 1 spiro atoms. The van der Waals surface area contributed by atoms with Crippen LogP contribution in [0.4, 0.5) is 17.1 Å². The van der Waals surface area contributed by atoms with E-state index in [0.717, 1.165) is 39.3 Å². The maximum atomic E-state index is 2.53. The third-order valence-electron chi connectivity index (χ3n) is 16.0. The second-order valence-corrected chi connectivity index (χ2v) is 19.9. The molecule has 1 aliphatic heterocycles. The van der Waals surface area contributed by atoms with E-state index in [1.54, 1.807) is 0 Å². The Morgan fingerprint density at radius 2 is 0.720 bits per heavy atom. The standard InChI is InChI=1S/C73H48N2/c1-3-19-49(20-4-1)51-37-39-52(40-38-51)53-41-44-57(45-42-53)74(68-33-13-8-25-58(68)55-24-17-23-54(47-55)50-21-5-2-6-22-50)69-34-14-9-26-59(69)56-43-46-61-60-27-7-11-30-64(60)73(67(61)48-56)65-31-12-16-36-71(65)75-70-35-15-10-28-62(70)63-29-18-32-66(73)72(63)75/h1-48H. The molecule has 0 amide bonds. The first-order valence-electron chi connectivity index (χ1n) is 26.0. The molecule has 0 saturated heterocycles. The van der Waals surface area contributed by atoms with Crippen LogP contribution in [0, 0.1) is 0 Å². The van der Waals surface area contributed by atoms with Gasteiger partial charge in [-0.05, 0) is 126 Å². The van der Waals surface area contributed by atoms with Crippen molar-refractivity contribution in [1.82, 2.24) is 4.57 Å². The van der Waals surface area contributed by atoms with Crippen molar-refractivity contribution in [3.8, 4) is 72.4 Å². The van der Waals surface area contributed by atoms with E-state index < -0.39 is 5.41 Å². The van der Waals surface area contributed by atoms with E-state index in [0.29, 0.717) is 0 Å². The van der Waals surface area contributed by atoms with E-state index in [-0.39, 0.29) is 0 Å². The summed E-state index contributed by atoms with van der Waals surface area (Å²) in [6.07, 6.45) is 0. The van der Waals surface area contributed by atoms with Crippen LogP contribution >= 0.6 is 0 Å². The summed E-state index contributed by atoms with van der Waals surface area (Å²) in [5.74, 6) is 0. The highest BCUT2D eigenvalue weighted by atomic mass is 15.1. The van der Waals surface area contributed by atoms with Gasteiger partial charge in [-0.25, -0.2) is 0 Å². The summed E-state index contributed by atoms with van der Waals surface area (Å²) in [7, 11) is 0. The summed E-state index contributed by atoms with van der Waals surface area (Å²) in [5.41, 5.74) is 26.0. The third kappa shape index (κ3) is 6.60. The summed E-state index contributed by atoms with van der Waals surface area (Å²) >= 11 is 0. The van der Waals surface area contributed by atoms with Crippen LogP contribution in [0.2, 0.25) is 0 Å². The molecule has 2 nitrogen and oxygen atoms in total. The zero-order chi connectivity index (χ0) is 49.5. The van der Waals surface area contributed by atoms with Crippen molar-refractivity contribution in [3.63, 3.8) is 0 Å². The number of aromatic nitrogens is 1. The number of para-hydroxylation sites is 5. The highest BCUT2D eigenvalue weighted by molar-refractivity contribution is 6.13. The fourth-order valence-corrected chi connectivity index (χ4v) is 12.7. The van der Waals surface area contributed by atoms with Crippen molar-refractivity contribution in [2.75, 3.05) is 4.90 Å². The second kappa shape index (κ2) is 17.2. The minimum Gasteiger partial charge on any atom is -0.309 e. The van der Waals surface area contributed by atoms with Gasteiger partial charge in [0.05, 0.1) is 33.5 Å². The number of rotatable bonds is 8. The van der Waals surface area contributed by atoms with Gasteiger partial charge in [-0.15, -0.1) is 0 Å². The SMILES string of the molecule is c1ccc(-c2ccc(-c3ccc(N(c4ccccc4-c4cccc(-c5ccccc5)c4)c4ccccc4-c4ccc5c(c4)C4(c6ccccc6-5)c5ccccc5-n5c6ccccc6c6cccc4c65)cc3)cc2)cc1. The van der Waals surface area contributed by atoms with Gasteiger partial charge in [0.1, 0.15) is 0 Å². The van der Waals surface area contributed by atoms with E-state index in [4.69, 9.17) is 0 Å². The predicted octanol–water partition coefficient (Wildman–Crippen LogP) is 19.3. The zero-order valence-electron chi connectivity index (χ0n) is 41.1. The summed E-state index contributed by atoms with van der Waals surface area (Å²) in [6.45, 7) is 0. The van der Waals surface area contributed by atoms with Gasteiger partial charge in [0, 0.05) is 27.6 Å². The molecule has 12 aromatic carbocycles. The van der Waals surface area contributed by atoms with E-state index in [2.05, 4.69) is 301 Å². The largest absolute Gasteiger partial charge is 0.309 e. The van der Waals surface area contributed by atoms with E-state index >= 15 is 0 Å². The van der Waals surface area contributed by atoms with E-state index in [1.807, 2.05) is 0 Å². The van der Waals surface area contributed by atoms with Crippen LogP contribution in [0.25, 0.3) is 94.3 Å². The molecule has 2 heteroatoms. The Morgan fingerprint density at radius 1 is 0.267 bits per heavy atom. The highest BCUT2D eigenvalue weighted by Crippen LogP contribution is 2.62. The van der Waals surface area contributed by atoms with Crippen molar-refractivity contribution in [2.45, 2.75) is 5.41 Å². The Labute approximate surface area is 437 Å². The molecular formula is C73H48N2. The first-order chi connectivity index (χ1) is 37.2. The molecule has 0 saturated carbocycles. The molecule has 13 aromatic rings. The predicted molar refractivity (Wildman–Crippen MR) is 314 cm³/mol. The van der Waals surface area contributed by atoms with Gasteiger partial charge in [-0.3, -0.25) is 0 Å². The molecule has 1 aliphatic carbocycles. The lowest BCUT2D eigenvalue weighted by Gasteiger charge is -2.39. The molecule has 2 heterocycles. The molecule has 15 rings (SSSR count). The molecule has 1 aromatic heterocycles. The summed E-state index contributed by atoms with van der Waals surface area (Å²) in [4.78, 5) is 2.48. The first-order valence-corrected chi connectivity index (χ1v) is 26.0. The molecule has 0 fully saturated rings. The van der Waals surface area contributed by atoms with Crippen LogP contribution < -0.4 is 4.90 Å². The fraction of sp³-hybridized carbons (Fsp3) is 0.0137. The van der Waals surface area contributed by atoms with Crippen molar-refractivity contribution in [1.29, 1.82) is 0 Å². The number of hydrogen-bond donors (Lipinski definition) is 0. The number of fused-ring (bicyclic) bond motifs is 12. The lowest BCUT2D eigenvalue weighted by molar-refractivity contribution is 0.749. The van der Waals surface area contributed by atoms with Crippen molar-refractivity contribution < 1.29 is 0 Å². The molecular weight excluding hydrogens is 905 g/mol. The van der Waals surface area contributed by atoms with Crippen LogP contribution in [0.15, 0.2) is 291 Å². The monoisotopic (exact) mass is 952 g/mol. The summed E-state index contributed by atoms with van der Waals surface area (Å²) < 4.78 is 2.52. The fourth-order valence-electron chi connectivity index (χ4n) is 12.7. The molecule has 0 bridgehead atoms. The smallest absolute Gasteiger partial charge is 0.0754 e. The van der Waals surface area contributed by atoms with Crippen LogP contribution in [0.3, 0.4) is 0 Å². The lowest BCUT2D eigenvalue weighted by Crippen LogP contribution is -2.33. The van der Waals surface area contributed by atoms with Gasteiger partial charge >= 0.3 is 0 Å². The van der Waals surface area contributed by atoms with Crippen molar-refractivity contribution in [2.24, 2.45) is 0 Å². The average molecular weight is 953 g/mol. The molecule has 0 N–H and O–H groups in total. The molecule has 75 heavy (non-hydrogen) atoms. The Balaban J connectivity index is 0.931. The number of hydrogen-bond acceptors (Lipinski definition) is 1. The molecule has 350 valence electrons. The van der Waals surface area contributed by atoms with E-state index in [1.165, 1.54) is 94.3 Å². The Hall–Kier alpha value is -9.76. The van der Waals surface area contributed by atoms with Gasteiger partial charge in [-0.2, -0.15) is 0 Å². The highest BCUT2D eigenvalue weighted by Gasteiger charge is 2.51. The number of anilines is 3. The molecule has 0 radical (unpaired) electrons. The number of nitrogens with zero attached hydrogens (tertiary/aromatic N) is 2. The van der Waals surface area contributed by atoms with Crippen molar-refractivity contribution >= 4 is 38.9 Å². The maximum Gasteiger partial charge on any atom is 0.0754 e. The van der Waals surface area contributed by atoms with Gasteiger partial charge in [0.15, 0.2) is 0 Å². The minimum atomic E-state index is -0.567. The summed E-state index contributed by atoms with van der Waals surface area (Å²) in [6, 6.07) is 108. The maximum absolute atomic E-state index is 2.53. The summed E-state index contributed by atoms with van der Waals surface area (Å²) in [5, 5.41) is 2.56. The van der Waals surface area contributed by atoms with Gasteiger partial charge in [0.25, 0.3) is 0 Å². The minimum absolute atomic E-state index is 0.567. The van der Waals surface area contributed by atoms with Crippen LogP contribution in [-0.2, 0) is 5.41 Å². The zero-order valence-corrected chi connectivity index (χ0v) is 41.1. The first kappa shape index (κ1) is 42.9. The molecule has 1 atom stereocenters. The molecule has 2 aliphatic rings. The Kier molecular flexibility index (Phi) is 9.83. The second-order valence-electron chi connectivity index (χ2n) is 19.9. The molecule has 1 unspecified atom stereocenters. The van der Waals surface area contributed by atoms with Crippen LogP contribution in [0.1, 0.15) is 22.3 Å². The Bertz CT molecular complexity index is 4340. The quantitative estimate of drug-likeness (QED) is 0.147.